The van der Waals surface area contributed by atoms with Crippen LogP contribution in [0.2, 0.25) is 0 Å². The predicted octanol–water partition coefficient (Wildman–Crippen LogP) is 4.24. The van der Waals surface area contributed by atoms with Crippen molar-refractivity contribution in [1.29, 1.82) is 0 Å². The van der Waals surface area contributed by atoms with E-state index in [0.29, 0.717) is 10.9 Å². The number of thiazole rings is 1. The fourth-order valence-electron chi connectivity index (χ4n) is 4.04. The van der Waals surface area contributed by atoms with Gasteiger partial charge in [0.25, 0.3) is 0 Å². The molecular formula is C21H22N6OS. The topological polar surface area (TPSA) is 74.2 Å². The minimum absolute atomic E-state index is 0.107. The van der Waals surface area contributed by atoms with Crippen LogP contribution in [0.5, 0.6) is 0 Å². The fraction of sp³-hybridized carbons (Fsp3) is 0.333. The molecule has 148 valence electrons. The summed E-state index contributed by atoms with van der Waals surface area (Å²) in [4.78, 5) is 32.2. The molecule has 3 aromatic rings. The summed E-state index contributed by atoms with van der Waals surface area (Å²) < 4.78 is 0. The molecule has 0 radical (unpaired) electrons. The lowest BCUT2D eigenvalue weighted by Crippen LogP contribution is -2.56. The van der Waals surface area contributed by atoms with Crippen molar-refractivity contribution in [1.82, 2.24) is 15.0 Å². The first-order valence-electron chi connectivity index (χ1n) is 9.81. The molecule has 2 aliphatic heterocycles. The van der Waals surface area contributed by atoms with Gasteiger partial charge in [0.1, 0.15) is 0 Å². The molecule has 2 aliphatic rings. The average Bonchev–Trinajstić information content (AvgIpc) is 3.05. The summed E-state index contributed by atoms with van der Waals surface area (Å²) in [5, 5.41) is 3.63. The number of carbonyl (C=O) groups excluding carboxylic acids is 1. The molecule has 5 rings (SSSR count). The second-order valence-electron chi connectivity index (χ2n) is 7.48. The Morgan fingerprint density at radius 2 is 2.14 bits per heavy atom. The molecule has 5 heterocycles. The maximum Gasteiger partial charge on any atom is 0.329 e. The molecule has 2 bridgehead atoms. The molecule has 29 heavy (non-hydrogen) atoms. The standard InChI is InChI=1S/C21H22N6OS/c1-13-14(2)29-20(23-13)25-21(28)27-16-6-4-10-26(12-16)18-8-7-17(24-19(18)27)15-5-3-9-22-11-15/h3,5,7-9,11,16H,4,6,10,12H2,1-2H3,(H,23,25,28)/t16-/m0/s1. The Bertz CT molecular complexity index is 1050. The van der Waals surface area contributed by atoms with Crippen LogP contribution in [0.25, 0.3) is 11.3 Å². The second kappa shape index (κ2) is 7.11. The number of pyridine rings is 2. The Labute approximate surface area is 173 Å². The van der Waals surface area contributed by atoms with E-state index in [-0.39, 0.29) is 12.1 Å². The van der Waals surface area contributed by atoms with E-state index in [1.54, 1.807) is 12.4 Å². The van der Waals surface area contributed by atoms with Crippen molar-refractivity contribution in [2.24, 2.45) is 0 Å². The molecular weight excluding hydrogens is 384 g/mol. The van der Waals surface area contributed by atoms with Gasteiger partial charge in [0.15, 0.2) is 10.9 Å². The molecule has 0 spiro atoms. The minimum atomic E-state index is -0.164. The molecule has 1 N–H and O–H groups in total. The number of aromatic nitrogens is 3. The van der Waals surface area contributed by atoms with Crippen molar-refractivity contribution in [2.45, 2.75) is 32.7 Å². The Morgan fingerprint density at radius 1 is 1.24 bits per heavy atom. The highest BCUT2D eigenvalue weighted by Crippen LogP contribution is 2.39. The van der Waals surface area contributed by atoms with Crippen LogP contribution in [-0.4, -0.2) is 40.1 Å². The summed E-state index contributed by atoms with van der Waals surface area (Å²) in [6.45, 7) is 5.81. The maximum absolute atomic E-state index is 13.3. The smallest absolute Gasteiger partial charge is 0.329 e. The third kappa shape index (κ3) is 3.23. The molecule has 1 saturated heterocycles. The van der Waals surface area contributed by atoms with Crippen molar-refractivity contribution < 1.29 is 4.79 Å². The number of rotatable bonds is 2. The van der Waals surface area contributed by atoms with Gasteiger partial charge in [-0.2, -0.15) is 0 Å². The number of nitrogens with zero attached hydrogens (tertiary/aromatic N) is 5. The first kappa shape index (κ1) is 18.1. The number of aryl methyl sites for hydroxylation is 2. The van der Waals surface area contributed by atoms with Gasteiger partial charge in [-0.05, 0) is 51.0 Å². The van der Waals surface area contributed by atoms with Crippen molar-refractivity contribution in [2.75, 3.05) is 28.2 Å². The Morgan fingerprint density at radius 3 is 2.90 bits per heavy atom. The van der Waals surface area contributed by atoms with Gasteiger partial charge >= 0.3 is 6.03 Å². The highest BCUT2D eigenvalue weighted by molar-refractivity contribution is 7.15. The number of amides is 2. The van der Waals surface area contributed by atoms with Crippen LogP contribution in [-0.2, 0) is 0 Å². The number of anilines is 3. The number of hydrogen-bond donors (Lipinski definition) is 1. The zero-order chi connectivity index (χ0) is 20.0. The molecule has 7 nitrogen and oxygen atoms in total. The lowest BCUT2D eigenvalue weighted by Gasteiger charge is -2.45. The van der Waals surface area contributed by atoms with Crippen LogP contribution in [0.4, 0.5) is 21.4 Å². The summed E-state index contributed by atoms with van der Waals surface area (Å²) in [5.74, 6) is 0.713. The van der Waals surface area contributed by atoms with Crippen molar-refractivity contribution in [3.05, 3.63) is 47.2 Å². The van der Waals surface area contributed by atoms with E-state index in [9.17, 15) is 4.79 Å². The van der Waals surface area contributed by atoms with E-state index in [2.05, 4.69) is 26.3 Å². The molecule has 3 aromatic heterocycles. The van der Waals surface area contributed by atoms with E-state index in [0.717, 1.165) is 53.4 Å². The average molecular weight is 407 g/mol. The number of carbonyl (C=O) groups is 1. The summed E-state index contributed by atoms with van der Waals surface area (Å²) in [6, 6.07) is 7.90. The van der Waals surface area contributed by atoms with Crippen LogP contribution >= 0.6 is 11.3 Å². The summed E-state index contributed by atoms with van der Waals surface area (Å²) in [7, 11) is 0. The Kier molecular flexibility index (Phi) is 4.43. The van der Waals surface area contributed by atoms with Gasteiger partial charge in [0.2, 0.25) is 0 Å². The lowest BCUT2D eigenvalue weighted by atomic mass is 9.99. The van der Waals surface area contributed by atoms with Crippen LogP contribution in [0.3, 0.4) is 0 Å². The third-order valence-corrected chi connectivity index (χ3v) is 6.59. The van der Waals surface area contributed by atoms with E-state index >= 15 is 0 Å². The van der Waals surface area contributed by atoms with Gasteiger partial charge in [-0.3, -0.25) is 15.2 Å². The first-order valence-corrected chi connectivity index (χ1v) is 10.6. The molecule has 0 unspecified atom stereocenters. The largest absolute Gasteiger partial charge is 0.366 e. The number of hydrogen-bond acceptors (Lipinski definition) is 6. The van der Waals surface area contributed by atoms with Crippen molar-refractivity contribution in [3.8, 4) is 11.3 Å². The summed E-state index contributed by atoms with van der Waals surface area (Å²) in [6.07, 6.45) is 5.58. The van der Waals surface area contributed by atoms with Crippen LogP contribution in [0.1, 0.15) is 23.4 Å². The van der Waals surface area contributed by atoms with E-state index in [1.807, 2.05) is 36.9 Å². The summed E-state index contributed by atoms with van der Waals surface area (Å²) >= 11 is 1.50. The zero-order valence-electron chi connectivity index (χ0n) is 16.4. The first-order chi connectivity index (χ1) is 14.1. The SMILES string of the molecule is Cc1nc(NC(=O)N2c3nc(-c4cccnc4)ccc3N3CCC[C@H]2C3)sc1C. The van der Waals surface area contributed by atoms with E-state index in [1.165, 1.54) is 11.3 Å². The molecule has 1 atom stereocenters. The van der Waals surface area contributed by atoms with Gasteiger partial charge in [-0.25, -0.2) is 14.8 Å². The van der Waals surface area contributed by atoms with E-state index in [4.69, 9.17) is 4.98 Å². The molecule has 0 saturated carbocycles. The van der Waals surface area contributed by atoms with Crippen LogP contribution in [0.15, 0.2) is 36.7 Å². The quantitative estimate of drug-likeness (QED) is 0.689. The zero-order valence-corrected chi connectivity index (χ0v) is 17.2. The van der Waals surface area contributed by atoms with Crippen LogP contribution in [0, 0.1) is 13.8 Å². The maximum atomic E-state index is 13.3. The number of nitrogens with one attached hydrogen (secondary N) is 1. The van der Waals surface area contributed by atoms with Crippen LogP contribution < -0.4 is 15.1 Å². The highest BCUT2D eigenvalue weighted by atomic mass is 32.1. The van der Waals surface area contributed by atoms with Gasteiger partial charge in [0, 0.05) is 35.9 Å². The summed E-state index contributed by atoms with van der Waals surface area (Å²) in [5.41, 5.74) is 3.71. The predicted molar refractivity (Wildman–Crippen MR) is 116 cm³/mol. The molecule has 1 fully saturated rings. The number of fused-ring (bicyclic) bond motifs is 4. The van der Waals surface area contributed by atoms with Gasteiger partial charge in [-0.15, -0.1) is 11.3 Å². The lowest BCUT2D eigenvalue weighted by molar-refractivity contribution is 0.252. The van der Waals surface area contributed by atoms with E-state index < -0.39 is 0 Å². The third-order valence-electron chi connectivity index (χ3n) is 5.60. The van der Waals surface area contributed by atoms with Crippen molar-refractivity contribution in [3.63, 3.8) is 0 Å². The van der Waals surface area contributed by atoms with Gasteiger partial charge in [0.05, 0.1) is 23.1 Å². The molecule has 0 aromatic carbocycles. The second-order valence-corrected chi connectivity index (χ2v) is 8.69. The number of piperidine rings is 1. The Balaban J connectivity index is 1.54. The molecule has 8 heteroatoms. The van der Waals surface area contributed by atoms with Crippen molar-refractivity contribution >= 4 is 34.0 Å². The monoisotopic (exact) mass is 406 g/mol. The Hall–Kier alpha value is -3.00. The normalized spacial score (nSPS) is 17.8. The molecule has 2 amide bonds. The fourth-order valence-corrected chi connectivity index (χ4v) is 4.84. The molecule has 0 aliphatic carbocycles. The number of urea groups is 1. The van der Waals surface area contributed by atoms with Gasteiger partial charge < -0.3 is 4.90 Å². The highest BCUT2D eigenvalue weighted by Gasteiger charge is 2.38. The van der Waals surface area contributed by atoms with Gasteiger partial charge in [-0.1, -0.05) is 0 Å². The minimum Gasteiger partial charge on any atom is -0.366 e.